The maximum absolute atomic E-state index is 10.9. The number of nitrogens with zero attached hydrogens (tertiary/aromatic N) is 1. The summed E-state index contributed by atoms with van der Waals surface area (Å²) in [6.07, 6.45) is -2.07. The Hall–Kier alpha value is -0.970. The minimum Gasteiger partial charge on any atom is -0.477 e. The lowest BCUT2D eigenvalue weighted by Crippen LogP contribution is -2.46. The molecule has 1 aliphatic rings. The molecule has 2 rings (SSSR count). The minimum absolute atomic E-state index is 0.0197. The summed E-state index contributed by atoms with van der Waals surface area (Å²) in [6, 6.07) is 2.82. The fraction of sp³-hybridized carbons (Fsp3) is 0.455. The molecule has 0 bridgehead atoms. The number of hydrogen-bond donors (Lipinski definition) is 5. The zero-order valence-electron chi connectivity index (χ0n) is 11.1. The molecule has 5 N–H and O–H groups in total. The van der Waals surface area contributed by atoms with Crippen molar-refractivity contribution in [2.45, 2.75) is 24.5 Å². The molecule has 1 fully saturated rings. The van der Waals surface area contributed by atoms with Gasteiger partial charge in [0.2, 0.25) is 0 Å². The standard InChI is InChI=1S/C11H14NO8PS/c13-8-7(5-19-21(17,18)22)20-10(9(8)14)12-3-1-2-6(4-12)11(15)16/h1-4,7-10,13-14H,5H2,(H2-,15,16,17,18,22)/p+1/t7-,8-,9-,10?/m1/s1. The molecule has 0 aromatic carbocycles. The van der Waals surface area contributed by atoms with Gasteiger partial charge in [-0.3, -0.25) is 0 Å². The fourth-order valence-electron chi connectivity index (χ4n) is 2.06. The monoisotopic (exact) mass is 352 g/mol. The van der Waals surface area contributed by atoms with Crippen LogP contribution in [0.1, 0.15) is 16.6 Å². The first-order chi connectivity index (χ1) is 10.2. The van der Waals surface area contributed by atoms with Gasteiger partial charge in [0.25, 0.3) is 6.23 Å². The molecule has 1 aromatic rings. The predicted octanol–water partition coefficient (Wildman–Crippen LogP) is -1.48. The lowest BCUT2D eigenvalue weighted by atomic mass is 10.1. The molecule has 0 saturated carbocycles. The van der Waals surface area contributed by atoms with Crippen molar-refractivity contribution in [1.82, 2.24) is 0 Å². The van der Waals surface area contributed by atoms with E-state index in [2.05, 4.69) is 16.3 Å². The van der Waals surface area contributed by atoms with Crippen molar-refractivity contribution in [3.8, 4) is 0 Å². The SMILES string of the molecule is O=C(O)c1ccc[n+](C2O[C@H](COP(O)(O)=S)[C@@H](O)[C@H]2O)c1. The molecule has 0 aliphatic carbocycles. The summed E-state index contributed by atoms with van der Waals surface area (Å²) in [7, 11) is 0. The predicted molar refractivity (Wildman–Crippen MR) is 74.2 cm³/mol. The first-order valence-electron chi connectivity index (χ1n) is 6.15. The summed E-state index contributed by atoms with van der Waals surface area (Å²) in [4.78, 5) is 28.9. The van der Waals surface area contributed by atoms with Gasteiger partial charge >= 0.3 is 12.7 Å². The summed E-state index contributed by atoms with van der Waals surface area (Å²) in [5, 5.41) is 28.8. The highest BCUT2D eigenvalue weighted by atomic mass is 32.5. The van der Waals surface area contributed by atoms with E-state index in [1.807, 2.05) is 0 Å². The maximum Gasteiger partial charge on any atom is 0.341 e. The molecule has 0 spiro atoms. The van der Waals surface area contributed by atoms with Crippen LogP contribution < -0.4 is 4.57 Å². The molecule has 11 heteroatoms. The molecule has 122 valence electrons. The van der Waals surface area contributed by atoms with Crippen LogP contribution in [0, 0.1) is 0 Å². The molecule has 2 heterocycles. The van der Waals surface area contributed by atoms with Gasteiger partial charge in [-0.15, -0.1) is 0 Å². The van der Waals surface area contributed by atoms with Crippen LogP contribution in [0.2, 0.25) is 0 Å². The van der Waals surface area contributed by atoms with Gasteiger partial charge in [-0.1, -0.05) is 0 Å². The van der Waals surface area contributed by atoms with Gasteiger partial charge in [0.1, 0.15) is 17.8 Å². The summed E-state index contributed by atoms with van der Waals surface area (Å²) >= 11 is 4.29. The maximum atomic E-state index is 10.9. The van der Waals surface area contributed by atoms with Crippen molar-refractivity contribution in [1.29, 1.82) is 0 Å². The Morgan fingerprint density at radius 1 is 1.41 bits per heavy atom. The molecule has 0 radical (unpaired) electrons. The van der Waals surface area contributed by atoms with Crippen molar-refractivity contribution in [3.05, 3.63) is 30.1 Å². The first kappa shape index (κ1) is 17.4. The molecular formula is C11H15NO8PS+. The molecule has 1 unspecified atom stereocenters. The number of pyridine rings is 1. The van der Waals surface area contributed by atoms with Crippen molar-refractivity contribution in [2.24, 2.45) is 0 Å². The second kappa shape index (κ2) is 6.65. The minimum atomic E-state index is -3.90. The van der Waals surface area contributed by atoms with Crippen LogP contribution in [0.3, 0.4) is 0 Å². The molecule has 1 aliphatic heterocycles. The second-order valence-corrected chi connectivity index (χ2v) is 7.34. The molecule has 9 nitrogen and oxygen atoms in total. The quantitative estimate of drug-likeness (QED) is 0.317. The smallest absolute Gasteiger partial charge is 0.341 e. The van der Waals surface area contributed by atoms with Crippen LogP contribution in [0.4, 0.5) is 0 Å². The fourth-order valence-corrected chi connectivity index (χ4v) is 2.58. The third-order valence-corrected chi connectivity index (χ3v) is 3.91. The van der Waals surface area contributed by atoms with E-state index in [1.54, 1.807) is 0 Å². The van der Waals surface area contributed by atoms with Crippen molar-refractivity contribution in [3.63, 3.8) is 0 Å². The van der Waals surface area contributed by atoms with E-state index in [9.17, 15) is 15.0 Å². The molecule has 1 aromatic heterocycles. The number of aliphatic hydroxyl groups excluding tert-OH is 2. The zero-order valence-corrected chi connectivity index (χ0v) is 12.8. The molecule has 22 heavy (non-hydrogen) atoms. The highest BCUT2D eigenvalue weighted by molar-refractivity contribution is 8.06. The van der Waals surface area contributed by atoms with E-state index in [0.717, 1.165) is 0 Å². The summed E-state index contributed by atoms with van der Waals surface area (Å²) in [5.74, 6) is -1.15. The van der Waals surface area contributed by atoms with Gasteiger partial charge in [0.05, 0.1) is 6.61 Å². The molecule has 0 amide bonds. The second-order valence-electron chi connectivity index (χ2n) is 4.68. The number of rotatable bonds is 5. The van der Waals surface area contributed by atoms with E-state index in [4.69, 9.17) is 19.6 Å². The van der Waals surface area contributed by atoms with Crippen molar-refractivity contribution in [2.75, 3.05) is 6.61 Å². The highest BCUT2D eigenvalue weighted by Gasteiger charge is 2.48. The normalized spacial score (nSPS) is 28.7. The third kappa shape index (κ3) is 4.06. The number of carboxylic acid groups (broad SMARTS) is 1. The Morgan fingerprint density at radius 3 is 2.68 bits per heavy atom. The number of aromatic nitrogens is 1. The Balaban J connectivity index is 2.14. The number of aliphatic hydroxyl groups is 2. The lowest BCUT2D eigenvalue weighted by Gasteiger charge is -2.15. The van der Waals surface area contributed by atoms with Crippen molar-refractivity contribution >= 4 is 24.5 Å². The largest absolute Gasteiger partial charge is 0.477 e. The number of carbonyl (C=O) groups is 1. The Morgan fingerprint density at radius 2 is 2.09 bits per heavy atom. The van der Waals surface area contributed by atoms with Crippen LogP contribution in [0.15, 0.2) is 24.5 Å². The van der Waals surface area contributed by atoms with Crippen LogP contribution in [0.25, 0.3) is 0 Å². The number of aromatic carboxylic acids is 1. The number of hydrogen-bond acceptors (Lipinski definition) is 6. The zero-order chi connectivity index (χ0) is 16.5. The van der Waals surface area contributed by atoms with E-state index < -0.39 is 43.8 Å². The lowest BCUT2D eigenvalue weighted by molar-refractivity contribution is -0.765. The van der Waals surface area contributed by atoms with E-state index >= 15 is 0 Å². The average molecular weight is 352 g/mol. The summed E-state index contributed by atoms with van der Waals surface area (Å²) < 4.78 is 11.3. The summed E-state index contributed by atoms with van der Waals surface area (Å²) in [6.45, 7) is -4.32. The van der Waals surface area contributed by atoms with Crippen LogP contribution >= 0.6 is 6.72 Å². The topological polar surface area (TPSA) is 141 Å². The Bertz CT molecular complexity index is 608. The van der Waals surface area contributed by atoms with E-state index in [1.165, 1.54) is 29.1 Å². The Labute approximate surface area is 130 Å². The number of ether oxygens (including phenoxy) is 1. The van der Waals surface area contributed by atoms with Gasteiger partial charge in [-0.2, -0.15) is 4.57 Å². The molecule has 4 atom stereocenters. The average Bonchev–Trinajstić information content (AvgIpc) is 2.72. The van der Waals surface area contributed by atoms with Gasteiger partial charge in [-0.25, -0.2) is 4.79 Å². The first-order valence-corrected chi connectivity index (χ1v) is 8.77. The van der Waals surface area contributed by atoms with Gasteiger partial charge in [-0.05, 0) is 17.9 Å². The van der Waals surface area contributed by atoms with Crippen LogP contribution in [0.5, 0.6) is 0 Å². The Kier molecular flexibility index (Phi) is 5.25. The van der Waals surface area contributed by atoms with Crippen LogP contribution in [-0.4, -0.2) is 56.0 Å². The third-order valence-electron chi connectivity index (χ3n) is 3.11. The molecular weight excluding hydrogens is 337 g/mol. The van der Waals surface area contributed by atoms with Gasteiger partial charge in [0, 0.05) is 6.07 Å². The number of carboxylic acids is 1. The van der Waals surface area contributed by atoms with Gasteiger partial charge < -0.3 is 34.4 Å². The van der Waals surface area contributed by atoms with Gasteiger partial charge in [0.15, 0.2) is 18.5 Å². The van der Waals surface area contributed by atoms with Crippen molar-refractivity contribution < 1.29 is 43.7 Å². The highest BCUT2D eigenvalue weighted by Crippen LogP contribution is 2.38. The van der Waals surface area contributed by atoms with E-state index in [-0.39, 0.29) is 5.56 Å². The van der Waals surface area contributed by atoms with Crippen LogP contribution in [-0.2, 0) is 21.1 Å². The van der Waals surface area contributed by atoms with E-state index in [0.29, 0.717) is 0 Å². The summed E-state index contributed by atoms with van der Waals surface area (Å²) in [5.41, 5.74) is -0.0197. The molecule has 1 saturated heterocycles.